The molecule has 0 atom stereocenters. The standard InChI is InChI=1S/C16H15ClN2/c17-13-6-5-12-7-10-19-9-2-4-16(19)14(3-1-8-18)15(12)11-13/h2-7,9-11H,1,8,18H2/b14-3+. The van der Waals surface area contributed by atoms with Crippen molar-refractivity contribution in [2.45, 2.75) is 6.42 Å². The molecule has 0 spiro atoms. The molecule has 0 radical (unpaired) electrons. The third kappa shape index (κ3) is 2.25. The second-order valence-corrected chi connectivity index (χ2v) is 4.98. The average molecular weight is 271 g/mol. The van der Waals surface area contributed by atoms with E-state index >= 15 is 0 Å². The van der Waals surface area contributed by atoms with Crippen LogP contribution in [-0.2, 0) is 0 Å². The Hall–Kier alpha value is -1.77. The van der Waals surface area contributed by atoms with Crippen LogP contribution in [-0.4, -0.2) is 11.1 Å². The Kier molecular flexibility index (Phi) is 3.28. The van der Waals surface area contributed by atoms with Gasteiger partial charge in [-0.15, -0.1) is 0 Å². The summed E-state index contributed by atoms with van der Waals surface area (Å²) in [5.74, 6) is 0. The van der Waals surface area contributed by atoms with Gasteiger partial charge in [0.05, 0.1) is 5.69 Å². The fourth-order valence-corrected chi connectivity index (χ4v) is 2.57. The van der Waals surface area contributed by atoms with Crippen LogP contribution in [0.3, 0.4) is 0 Å². The number of halogens is 1. The van der Waals surface area contributed by atoms with Crippen LogP contribution in [0.4, 0.5) is 0 Å². The van der Waals surface area contributed by atoms with Gasteiger partial charge in [0, 0.05) is 23.0 Å². The highest BCUT2D eigenvalue weighted by atomic mass is 35.5. The number of hydrogen-bond acceptors (Lipinski definition) is 1. The van der Waals surface area contributed by atoms with E-state index in [1.165, 1.54) is 16.8 Å². The van der Waals surface area contributed by atoms with E-state index in [1.807, 2.05) is 18.2 Å². The quantitative estimate of drug-likeness (QED) is 0.753. The Bertz CT molecular complexity index is 665. The molecule has 1 aromatic heterocycles. The van der Waals surface area contributed by atoms with E-state index in [0.29, 0.717) is 6.54 Å². The summed E-state index contributed by atoms with van der Waals surface area (Å²) >= 11 is 6.15. The summed E-state index contributed by atoms with van der Waals surface area (Å²) in [6.45, 7) is 0.646. The summed E-state index contributed by atoms with van der Waals surface area (Å²) in [5.41, 5.74) is 10.3. The van der Waals surface area contributed by atoms with Crippen LogP contribution in [0.5, 0.6) is 0 Å². The Balaban J connectivity index is 2.23. The van der Waals surface area contributed by atoms with Gasteiger partial charge in [0.25, 0.3) is 0 Å². The van der Waals surface area contributed by atoms with E-state index in [-0.39, 0.29) is 0 Å². The van der Waals surface area contributed by atoms with E-state index in [4.69, 9.17) is 17.3 Å². The van der Waals surface area contributed by atoms with Crippen LogP contribution in [0.25, 0.3) is 17.8 Å². The molecule has 19 heavy (non-hydrogen) atoms. The third-order valence-electron chi connectivity index (χ3n) is 3.29. The molecule has 96 valence electrons. The third-order valence-corrected chi connectivity index (χ3v) is 3.53. The maximum absolute atomic E-state index is 6.15. The molecule has 2 nitrogen and oxygen atoms in total. The van der Waals surface area contributed by atoms with Gasteiger partial charge in [-0.2, -0.15) is 0 Å². The first-order chi connectivity index (χ1) is 9.29. The summed E-state index contributed by atoms with van der Waals surface area (Å²) in [6, 6.07) is 10.2. The second-order valence-electron chi connectivity index (χ2n) is 4.54. The highest BCUT2D eigenvalue weighted by molar-refractivity contribution is 6.30. The van der Waals surface area contributed by atoms with Crippen molar-refractivity contribution in [2.24, 2.45) is 5.73 Å². The number of benzene rings is 1. The number of aromatic nitrogens is 1. The SMILES string of the molecule is NCC/C=C1\c2cc(Cl)ccc2C=Cn2cccc21. The van der Waals surface area contributed by atoms with Gasteiger partial charge in [-0.25, -0.2) is 0 Å². The van der Waals surface area contributed by atoms with Crippen molar-refractivity contribution >= 4 is 29.5 Å². The molecule has 0 unspecified atom stereocenters. The molecular weight excluding hydrogens is 256 g/mol. The Morgan fingerprint density at radius 1 is 1.26 bits per heavy atom. The molecular formula is C16H15ClN2. The number of fused-ring (bicyclic) bond motifs is 2. The maximum Gasteiger partial charge on any atom is 0.0525 e. The lowest BCUT2D eigenvalue weighted by Gasteiger charge is -2.10. The highest BCUT2D eigenvalue weighted by Gasteiger charge is 2.14. The molecule has 1 aliphatic heterocycles. The molecule has 1 aliphatic rings. The van der Waals surface area contributed by atoms with Crippen molar-refractivity contribution in [3.05, 3.63) is 64.4 Å². The molecule has 3 rings (SSSR count). The van der Waals surface area contributed by atoms with Crippen molar-refractivity contribution in [3.63, 3.8) is 0 Å². The number of hydrogen-bond donors (Lipinski definition) is 1. The van der Waals surface area contributed by atoms with Gasteiger partial charge in [-0.1, -0.05) is 23.7 Å². The topological polar surface area (TPSA) is 30.9 Å². The van der Waals surface area contributed by atoms with Gasteiger partial charge in [-0.3, -0.25) is 0 Å². The van der Waals surface area contributed by atoms with Crippen molar-refractivity contribution in [1.29, 1.82) is 0 Å². The predicted octanol–water partition coefficient (Wildman–Crippen LogP) is 3.86. The largest absolute Gasteiger partial charge is 0.330 e. The van der Waals surface area contributed by atoms with Crippen molar-refractivity contribution in [2.75, 3.05) is 6.54 Å². The first-order valence-electron chi connectivity index (χ1n) is 6.35. The van der Waals surface area contributed by atoms with Gasteiger partial charge in [0.15, 0.2) is 0 Å². The molecule has 0 fully saturated rings. The van der Waals surface area contributed by atoms with Crippen LogP contribution in [0.1, 0.15) is 23.2 Å². The smallest absolute Gasteiger partial charge is 0.0525 e. The van der Waals surface area contributed by atoms with Crippen LogP contribution in [0.2, 0.25) is 5.02 Å². The van der Waals surface area contributed by atoms with Gasteiger partial charge in [0.2, 0.25) is 0 Å². The first kappa shape index (κ1) is 12.3. The zero-order valence-electron chi connectivity index (χ0n) is 10.5. The normalized spacial score (nSPS) is 15.2. The molecule has 0 saturated heterocycles. The lowest BCUT2D eigenvalue weighted by Crippen LogP contribution is -1.99. The van der Waals surface area contributed by atoms with Crippen LogP contribution >= 0.6 is 11.6 Å². The molecule has 2 aromatic rings. The summed E-state index contributed by atoms with van der Waals surface area (Å²) in [5, 5.41) is 0.755. The van der Waals surface area contributed by atoms with Crippen LogP contribution in [0, 0.1) is 0 Å². The number of rotatable bonds is 2. The van der Waals surface area contributed by atoms with E-state index in [9.17, 15) is 0 Å². The zero-order valence-corrected chi connectivity index (χ0v) is 11.3. The van der Waals surface area contributed by atoms with Gasteiger partial charge < -0.3 is 10.3 Å². The summed E-state index contributed by atoms with van der Waals surface area (Å²) in [7, 11) is 0. The molecule has 2 N–H and O–H groups in total. The van der Waals surface area contributed by atoms with Gasteiger partial charge >= 0.3 is 0 Å². The van der Waals surface area contributed by atoms with Crippen LogP contribution < -0.4 is 5.73 Å². The minimum atomic E-state index is 0.646. The highest BCUT2D eigenvalue weighted by Crippen LogP contribution is 2.32. The molecule has 0 bridgehead atoms. The Morgan fingerprint density at radius 2 is 2.16 bits per heavy atom. The van der Waals surface area contributed by atoms with E-state index in [0.717, 1.165) is 17.0 Å². The number of nitrogens with zero attached hydrogens (tertiary/aromatic N) is 1. The lowest BCUT2D eigenvalue weighted by molar-refractivity contribution is 1.01. The van der Waals surface area contributed by atoms with Gasteiger partial charge in [0.1, 0.15) is 0 Å². The fourth-order valence-electron chi connectivity index (χ4n) is 2.40. The molecule has 1 aromatic carbocycles. The zero-order chi connectivity index (χ0) is 13.2. The lowest BCUT2D eigenvalue weighted by atomic mass is 9.97. The summed E-state index contributed by atoms with van der Waals surface area (Å²) in [6.07, 6.45) is 9.28. The van der Waals surface area contributed by atoms with Crippen LogP contribution in [0.15, 0.2) is 42.6 Å². The Labute approximate surface area is 117 Å². The van der Waals surface area contributed by atoms with E-state index in [2.05, 4.69) is 41.2 Å². The monoisotopic (exact) mass is 270 g/mol. The van der Waals surface area contributed by atoms with Crippen molar-refractivity contribution in [3.8, 4) is 0 Å². The molecule has 0 aliphatic carbocycles. The molecule has 0 saturated carbocycles. The maximum atomic E-state index is 6.15. The van der Waals surface area contributed by atoms with E-state index < -0.39 is 0 Å². The van der Waals surface area contributed by atoms with Crippen molar-refractivity contribution < 1.29 is 0 Å². The minimum Gasteiger partial charge on any atom is -0.330 e. The molecule has 2 heterocycles. The van der Waals surface area contributed by atoms with Crippen molar-refractivity contribution in [1.82, 2.24) is 4.57 Å². The number of nitrogens with two attached hydrogens (primary N) is 1. The van der Waals surface area contributed by atoms with Gasteiger partial charge in [-0.05, 0) is 54.4 Å². The molecule has 3 heteroatoms. The average Bonchev–Trinajstić information content (AvgIpc) is 2.82. The molecule has 0 amide bonds. The second kappa shape index (κ2) is 5.08. The predicted molar refractivity (Wildman–Crippen MR) is 81.9 cm³/mol. The minimum absolute atomic E-state index is 0.646. The van der Waals surface area contributed by atoms with E-state index in [1.54, 1.807) is 0 Å². The fraction of sp³-hybridized carbons (Fsp3) is 0.125. The Morgan fingerprint density at radius 3 is 3.00 bits per heavy atom. The summed E-state index contributed by atoms with van der Waals surface area (Å²) < 4.78 is 2.12. The first-order valence-corrected chi connectivity index (χ1v) is 6.73. The summed E-state index contributed by atoms with van der Waals surface area (Å²) in [4.78, 5) is 0.